The van der Waals surface area contributed by atoms with Crippen molar-refractivity contribution in [3.8, 4) is 0 Å². The molecule has 2 atom stereocenters. The molecule has 2 unspecified atom stereocenters. The molecule has 6 heteroatoms. The van der Waals surface area contributed by atoms with Crippen molar-refractivity contribution in [2.45, 2.75) is 44.4 Å². The molecule has 0 bridgehead atoms. The number of hydrogen-bond acceptors (Lipinski definition) is 3. The van der Waals surface area contributed by atoms with Crippen LogP contribution in [0.4, 0.5) is 5.69 Å². The molecule has 2 rings (SSSR count). The summed E-state index contributed by atoms with van der Waals surface area (Å²) >= 11 is 5.91. The first-order valence-electron chi connectivity index (χ1n) is 7.35. The lowest BCUT2D eigenvalue weighted by Crippen LogP contribution is -2.32. The molecular weight excluding hydrogens is 308 g/mol. The van der Waals surface area contributed by atoms with Crippen molar-refractivity contribution in [3.63, 3.8) is 0 Å². The van der Waals surface area contributed by atoms with Crippen LogP contribution in [0.1, 0.15) is 38.2 Å². The van der Waals surface area contributed by atoms with Crippen LogP contribution in [0.3, 0.4) is 0 Å². The number of halogens is 1. The minimum Gasteiger partial charge on any atom is -0.397 e. The number of sulfonamides is 1. The fraction of sp³-hybridized carbons (Fsp3) is 0.600. The normalized spacial score (nSPS) is 23.2. The van der Waals surface area contributed by atoms with E-state index < -0.39 is 10.0 Å². The molecule has 1 aliphatic carbocycles. The van der Waals surface area contributed by atoms with Crippen LogP contribution < -0.4 is 10.5 Å². The van der Waals surface area contributed by atoms with Gasteiger partial charge in [0.25, 0.3) is 0 Å². The molecule has 0 heterocycles. The first-order chi connectivity index (χ1) is 9.79. The quantitative estimate of drug-likeness (QED) is 0.832. The molecule has 0 saturated heterocycles. The van der Waals surface area contributed by atoms with E-state index in [1.165, 1.54) is 18.9 Å². The van der Waals surface area contributed by atoms with Gasteiger partial charge < -0.3 is 5.73 Å². The molecule has 1 aromatic carbocycles. The molecule has 1 saturated carbocycles. The number of benzene rings is 1. The van der Waals surface area contributed by atoms with Gasteiger partial charge in [0.2, 0.25) is 10.0 Å². The predicted octanol–water partition coefficient (Wildman–Crippen LogP) is 3.34. The Morgan fingerprint density at radius 2 is 2.10 bits per heavy atom. The Morgan fingerprint density at radius 3 is 2.76 bits per heavy atom. The topological polar surface area (TPSA) is 72.2 Å². The molecule has 3 N–H and O–H groups in total. The molecule has 1 aliphatic rings. The van der Waals surface area contributed by atoms with Crippen molar-refractivity contribution >= 4 is 27.3 Å². The molecular formula is C15H23ClN2O2S. The van der Waals surface area contributed by atoms with Crippen LogP contribution >= 0.6 is 11.6 Å². The second-order valence-electron chi connectivity index (χ2n) is 6.13. The Hall–Kier alpha value is -0.780. The number of aryl methyl sites for hydroxylation is 1. The lowest BCUT2D eigenvalue weighted by atomic mass is 9.83. The largest absolute Gasteiger partial charge is 0.397 e. The van der Waals surface area contributed by atoms with E-state index in [1.54, 1.807) is 13.0 Å². The van der Waals surface area contributed by atoms with Gasteiger partial charge in [-0.3, -0.25) is 0 Å². The van der Waals surface area contributed by atoms with Gasteiger partial charge in [0.15, 0.2) is 0 Å². The monoisotopic (exact) mass is 330 g/mol. The summed E-state index contributed by atoms with van der Waals surface area (Å²) < 4.78 is 27.6. The molecule has 4 nitrogen and oxygen atoms in total. The summed E-state index contributed by atoms with van der Waals surface area (Å²) in [4.78, 5) is 0.216. The SMILES string of the molecule is Cc1cc(Cl)c(N)cc1S(=O)(=O)NCC1CCCC(C)C1. The van der Waals surface area contributed by atoms with Crippen molar-refractivity contribution in [2.75, 3.05) is 12.3 Å². The van der Waals surface area contributed by atoms with E-state index in [9.17, 15) is 8.42 Å². The summed E-state index contributed by atoms with van der Waals surface area (Å²) in [5, 5.41) is 0.382. The summed E-state index contributed by atoms with van der Waals surface area (Å²) in [6.45, 7) is 4.45. The van der Waals surface area contributed by atoms with Crippen LogP contribution in [0.2, 0.25) is 5.02 Å². The molecule has 1 fully saturated rings. The van der Waals surface area contributed by atoms with Gasteiger partial charge in [-0.1, -0.05) is 31.4 Å². The van der Waals surface area contributed by atoms with Crippen molar-refractivity contribution < 1.29 is 8.42 Å². The number of rotatable bonds is 4. The molecule has 0 radical (unpaired) electrons. The van der Waals surface area contributed by atoms with Gasteiger partial charge in [-0.25, -0.2) is 13.1 Å². The summed E-state index contributed by atoms with van der Waals surface area (Å²) in [5.74, 6) is 1.11. The van der Waals surface area contributed by atoms with Gasteiger partial charge in [0.1, 0.15) is 0 Å². The predicted molar refractivity (Wildman–Crippen MR) is 86.9 cm³/mol. The minimum absolute atomic E-state index is 0.216. The average molecular weight is 331 g/mol. The molecule has 0 amide bonds. The zero-order valence-electron chi connectivity index (χ0n) is 12.5. The summed E-state index contributed by atoms with van der Waals surface area (Å²) in [6.07, 6.45) is 4.61. The van der Waals surface area contributed by atoms with Crippen molar-refractivity contribution in [3.05, 3.63) is 22.7 Å². The molecule has 0 spiro atoms. The highest BCUT2D eigenvalue weighted by Crippen LogP contribution is 2.29. The van der Waals surface area contributed by atoms with Gasteiger partial charge >= 0.3 is 0 Å². The second-order valence-corrected chi connectivity index (χ2v) is 8.27. The van der Waals surface area contributed by atoms with Crippen LogP contribution in [-0.4, -0.2) is 15.0 Å². The number of nitrogens with two attached hydrogens (primary N) is 1. The van der Waals surface area contributed by atoms with Gasteiger partial charge in [-0.05, 0) is 49.3 Å². The molecule has 118 valence electrons. The first-order valence-corrected chi connectivity index (χ1v) is 9.21. The molecule has 0 aliphatic heterocycles. The summed E-state index contributed by atoms with van der Waals surface area (Å²) in [6, 6.07) is 3.03. The highest BCUT2D eigenvalue weighted by molar-refractivity contribution is 7.89. The van der Waals surface area contributed by atoms with Gasteiger partial charge in [0, 0.05) is 6.54 Å². The third-order valence-corrected chi connectivity index (χ3v) is 6.08. The van der Waals surface area contributed by atoms with Crippen LogP contribution in [0.5, 0.6) is 0 Å². The van der Waals surface area contributed by atoms with Gasteiger partial charge in [-0.2, -0.15) is 0 Å². The molecule has 1 aromatic rings. The van der Waals surface area contributed by atoms with E-state index in [4.69, 9.17) is 17.3 Å². The third-order valence-electron chi connectivity index (χ3n) is 4.19. The van der Waals surface area contributed by atoms with Crippen LogP contribution in [0.25, 0.3) is 0 Å². The number of nitrogen functional groups attached to an aromatic ring is 1. The molecule has 0 aromatic heterocycles. The Balaban J connectivity index is 2.10. The lowest BCUT2D eigenvalue weighted by Gasteiger charge is -2.26. The van der Waals surface area contributed by atoms with Crippen molar-refractivity contribution in [1.29, 1.82) is 0 Å². The third kappa shape index (κ3) is 4.11. The first kappa shape index (κ1) is 16.6. The van der Waals surface area contributed by atoms with Gasteiger partial charge in [-0.15, -0.1) is 0 Å². The van der Waals surface area contributed by atoms with E-state index in [0.717, 1.165) is 12.8 Å². The highest BCUT2D eigenvalue weighted by Gasteiger charge is 2.23. The van der Waals surface area contributed by atoms with E-state index in [-0.39, 0.29) is 10.6 Å². The number of nitrogens with one attached hydrogen (secondary N) is 1. The minimum atomic E-state index is -3.54. The second kappa shape index (κ2) is 6.55. The summed E-state index contributed by atoms with van der Waals surface area (Å²) in [5.41, 5.74) is 6.62. The van der Waals surface area contributed by atoms with E-state index in [0.29, 0.717) is 29.0 Å². The number of hydrogen-bond donors (Lipinski definition) is 2. The standard InChI is InChI=1S/C15H23ClN2O2S/c1-10-4-3-5-12(6-10)9-18-21(19,20)15-8-14(17)13(16)7-11(15)2/h7-8,10,12,18H,3-6,9,17H2,1-2H3. The maximum absolute atomic E-state index is 12.4. The van der Waals surface area contributed by atoms with Crippen LogP contribution in [0.15, 0.2) is 17.0 Å². The average Bonchev–Trinajstić information content (AvgIpc) is 2.41. The molecule has 21 heavy (non-hydrogen) atoms. The van der Waals surface area contributed by atoms with Crippen LogP contribution in [-0.2, 0) is 10.0 Å². The zero-order valence-corrected chi connectivity index (χ0v) is 14.1. The Labute approximate surface area is 132 Å². The zero-order chi connectivity index (χ0) is 15.6. The highest BCUT2D eigenvalue weighted by atomic mass is 35.5. The van der Waals surface area contributed by atoms with Crippen molar-refractivity contribution in [2.24, 2.45) is 11.8 Å². The maximum atomic E-state index is 12.4. The van der Waals surface area contributed by atoms with E-state index in [1.807, 2.05) is 0 Å². The van der Waals surface area contributed by atoms with E-state index in [2.05, 4.69) is 11.6 Å². The smallest absolute Gasteiger partial charge is 0.240 e. The number of anilines is 1. The Morgan fingerprint density at radius 1 is 1.38 bits per heavy atom. The lowest BCUT2D eigenvalue weighted by molar-refractivity contribution is 0.283. The van der Waals surface area contributed by atoms with E-state index >= 15 is 0 Å². The summed E-state index contributed by atoms with van der Waals surface area (Å²) in [7, 11) is -3.54. The maximum Gasteiger partial charge on any atom is 0.240 e. The Kier molecular flexibility index (Phi) is 5.17. The fourth-order valence-corrected chi connectivity index (χ4v) is 4.60. The van der Waals surface area contributed by atoms with Gasteiger partial charge in [0.05, 0.1) is 15.6 Å². The fourth-order valence-electron chi connectivity index (χ4n) is 3.01. The van der Waals surface area contributed by atoms with Crippen LogP contribution in [0, 0.1) is 18.8 Å². The van der Waals surface area contributed by atoms with Crippen molar-refractivity contribution in [1.82, 2.24) is 4.72 Å². The Bertz CT molecular complexity index is 616.